The number of nitrogens with one attached hydrogen (secondary N) is 1. The fourth-order valence-electron chi connectivity index (χ4n) is 2.65. The molecule has 0 aliphatic rings. The van der Waals surface area contributed by atoms with Gasteiger partial charge in [0, 0.05) is 11.3 Å². The number of hydrogen-bond acceptors (Lipinski definition) is 5. The summed E-state index contributed by atoms with van der Waals surface area (Å²) in [4.78, 5) is 17.6. The molecule has 4 nitrogen and oxygen atoms in total. The molecule has 5 heteroatoms. The summed E-state index contributed by atoms with van der Waals surface area (Å²) in [5.74, 6) is 0.142. The molecule has 0 unspecified atom stereocenters. The van der Waals surface area contributed by atoms with Gasteiger partial charge in [-0.1, -0.05) is 65.9 Å². The van der Waals surface area contributed by atoms with Crippen molar-refractivity contribution in [2.45, 2.75) is 0 Å². The number of benzene rings is 3. The quantitative estimate of drug-likeness (QED) is 0.519. The van der Waals surface area contributed by atoms with E-state index in [9.17, 15) is 4.79 Å². The molecule has 0 radical (unpaired) electrons. The molecule has 3 N–H and O–H groups in total. The molecule has 0 atom stereocenters. The third-order valence-electron chi connectivity index (χ3n) is 3.90. The number of anilines is 3. The lowest BCUT2D eigenvalue weighted by molar-refractivity contribution is 0.104. The maximum atomic E-state index is 12.8. The maximum Gasteiger partial charge on any atom is 0.206 e. The summed E-state index contributed by atoms with van der Waals surface area (Å²) in [7, 11) is 0. The van der Waals surface area contributed by atoms with Crippen LogP contribution < -0.4 is 11.1 Å². The van der Waals surface area contributed by atoms with Crippen LogP contribution >= 0.6 is 11.3 Å². The van der Waals surface area contributed by atoms with Crippen LogP contribution in [0.3, 0.4) is 0 Å². The van der Waals surface area contributed by atoms with Crippen molar-refractivity contribution in [3.8, 4) is 0 Å². The number of para-hydroxylation sites is 1. The minimum Gasteiger partial charge on any atom is -0.382 e. The van der Waals surface area contributed by atoms with Gasteiger partial charge in [-0.25, -0.2) is 4.98 Å². The normalized spacial score (nSPS) is 10.7. The van der Waals surface area contributed by atoms with Gasteiger partial charge in [0.15, 0.2) is 5.13 Å². The molecule has 0 saturated carbocycles. The largest absolute Gasteiger partial charge is 0.382 e. The Morgan fingerprint density at radius 1 is 0.920 bits per heavy atom. The van der Waals surface area contributed by atoms with Crippen LogP contribution in [0.15, 0.2) is 72.8 Å². The lowest BCUT2D eigenvalue weighted by Crippen LogP contribution is -2.02. The summed E-state index contributed by atoms with van der Waals surface area (Å²) in [6.07, 6.45) is 0. The molecule has 4 aromatic rings. The first-order valence-electron chi connectivity index (χ1n) is 7.82. The number of carbonyl (C=O) groups excluding carboxylic acids is 1. The second-order valence-corrected chi connectivity index (χ2v) is 6.61. The number of ketones is 1. The lowest BCUT2D eigenvalue weighted by Gasteiger charge is -2.02. The number of carbonyl (C=O) groups is 1. The number of hydrogen-bond donors (Lipinski definition) is 2. The Morgan fingerprint density at radius 3 is 2.44 bits per heavy atom. The van der Waals surface area contributed by atoms with Crippen LogP contribution in [0.2, 0.25) is 0 Å². The molecule has 0 spiro atoms. The van der Waals surface area contributed by atoms with Crippen LogP contribution in [0, 0.1) is 0 Å². The van der Waals surface area contributed by atoms with Gasteiger partial charge in [0.2, 0.25) is 5.78 Å². The van der Waals surface area contributed by atoms with Crippen molar-refractivity contribution >= 4 is 44.5 Å². The Labute approximate surface area is 149 Å². The van der Waals surface area contributed by atoms with Crippen molar-refractivity contribution in [2.75, 3.05) is 11.1 Å². The summed E-state index contributed by atoms with van der Waals surface area (Å²) >= 11 is 1.27. The number of nitrogens with zero attached hydrogens (tertiary/aromatic N) is 1. The van der Waals surface area contributed by atoms with Crippen LogP contribution in [0.5, 0.6) is 0 Å². The number of thiazole rings is 1. The average Bonchev–Trinajstić information content (AvgIpc) is 3.01. The Kier molecular flexibility index (Phi) is 3.91. The Balaban J connectivity index is 1.65. The van der Waals surface area contributed by atoms with E-state index in [1.807, 2.05) is 72.8 Å². The highest BCUT2D eigenvalue weighted by atomic mass is 32.1. The monoisotopic (exact) mass is 345 g/mol. The van der Waals surface area contributed by atoms with E-state index in [2.05, 4.69) is 10.3 Å². The van der Waals surface area contributed by atoms with Crippen molar-refractivity contribution in [1.82, 2.24) is 4.98 Å². The SMILES string of the molecule is Nc1nc(Nc2ccccc2)sc1C(=O)c1ccc2ccccc2c1. The predicted molar refractivity (Wildman–Crippen MR) is 104 cm³/mol. The van der Waals surface area contributed by atoms with Gasteiger partial charge in [0.1, 0.15) is 10.7 Å². The molecule has 0 aliphatic heterocycles. The lowest BCUT2D eigenvalue weighted by atomic mass is 10.0. The minimum atomic E-state index is -0.109. The predicted octanol–water partition coefficient (Wildman–Crippen LogP) is 4.85. The molecule has 0 amide bonds. The number of fused-ring (bicyclic) bond motifs is 1. The third kappa shape index (κ3) is 3.09. The Bertz CT molecular complexity index is 1060. The summed E-state index contributed by atoms with van der Waals surface area (Å²) < 4.78 is 0. The standard InChI is InChI=1S/C20H15N3OS/c21-19-18(25-20(23-19)22-16-8-2-1-3-9-16)17(24)15-11-10-13-6-4-5-7-14(13)12-15/h1-12H,21H2,(H,22,23). The first-order chi connectivity index (χ1) is 12.2. The second kappa shape index (κ2) is 6.37. The molecule has 0 aliphatic carbocycles. The highest BCUT2D eigenvalue weighted by Crippen LogP contribution is 2.30. The molecule has 0 fully saturated rings. The van der Waals surface area contributed by atoms with Gasteiger partial charge < -0.3 is 11.1 Å². The van der Waals surface area contributed by atoms with Crippen molar-refractivity contribution in [2.24, 2.45) is 0 Å². The Morgan fingerprint density at radius 2 is 1.64 bits per heavy atom. The number of nitrogens with two attached hydrogens (primary N) is 1. The fraction of sp³-hybridized carbons (Fsp3) is 0. The van der Waals surface area contributed by atoms with Gasteiger partial charge in [0.25, 0.3) is 0 Å². The minimum absolute atomic E-state index is 0.109. The molecule has 4 rings (SSSR count). The molecular formula is C20H15N3OS. The molecule has 1 heterocycles. The van der Waals surface area contributed by atoms with Crippen molar-refractivity contribution in [1.29, 1.82) is 0 Å². The van der Waals surface area contributed by atoms with Crippen molar-refractivity contribution < 1.29 is 4.79 Å². The molecule has 0 bridgehead atoms. The zero-order valence-corrected chi connectivity index (χ0v) is 14.1. The van der Waals surface area contributed by atoms with E-state index in [4.69, 9.17) is 5.73 Å². The van der Waals surface area contributed by atoms with Gasteiger partial charge in [-0.2, -0.15) is 0 Å². The van der Waals surface area contributed by atoms with E-state index in [0.717, 1.165) is 16.5 Å². The first kappa shape index (κ1) is 15.4. The van der Waals surface area contributed by atoms with Crippen LogP contribution in [-0.4, -0.2) is 10.8 Å². The fourth-order valence-corrected chi connectivity index (χ4v) is 3.52. The van der Waals surface area contributed by atoms with E-state index in [1.54, 1.807) is 0 Å². The van der Waals surface area contributed by atoms with Crippen LogP contribution in [0.25, 0.3) is 10.8 Å². The van der Waals surface area contributed by atoms with Gasteiger partial charge >= 0.3 is 0 Å². The molecule has 1 aromatic heterocycles. The van der Waals surface area contributed by atoms with Crippen LogP contribution in [0.1, 0.15) is 15.2 Å². The van der Waals surface area contributed by atoms with E-state index in [-0.39, 0.29) is 11.6 Å². The highest BCUT2D eigenvalue weighted by molar-refractivity contribution is 7.18. The van der Waals surface area contributed by atoms with Gasteiger partial charge in [-0.15, -0.1) is 0 Å². The molecular weight excluding hydrogens is 330 g/mol. The summed E-state index contributed by atoms with van der Waals surface area (Å²) in [6.45, 7) is 0. The number of aromatic nitrogens is 1. The van der Waals surface area contributed by atoms with E-state index in [1.165, 1.54) is 11.3 Å². The summed E-state index contributed by atoms with van der Waals surface area (Å²) in [5.41, 5.74) is 7.50. The van der Waals surface area contributed by atoms with Gasteiger partial charge in [-0.3, -0.25) is 4.79 Å². The van der Waals surface area contributed by atoms with E-state index >= 15 is 0 Å². The van der Waals surface area contributed by atoms with Crippen molar-refractivity contribution in [3.05, 3.63) is 83.2 Å². The zero-order chi connectivity index (χ0) is 17.2. The van der Waals surface area contributed by atoms with Crippen LogP contribution in [0.4, 0.5) is 16.6 Å². The number of rotatable bonds is 4. The highest BCUT2D eigenvalue weighted by Gasteiger charge is 2.18. The van der Waals surface area contributed by atoms with Crippen LogP contribution in [-0.2, 0) is 0 Å². The molecule has 122 valence electrons. The first-order valence-corrected chi connectivity index (χ1v) is 8.64. The third-order valence-corrected chi connectivity index (χ3v) is 4.88. The summed E-state index contributed by atoms with van der Waals surface area (Å²) in [6, 6.07) is 23.3. The van der Waals surface area contributed by atoms with Crippen molar-refractivity contribution in [3.63, 3.8) is 0 Å². The topological polar surface area (TPSA) is 68.0 Å². The van der Waals surface area contributed by atoms with Gasteiger partial charge in [0.05, 0.1) is 0 Å². The maximum absolute atomic E-state index is 12.8. The van der Waals surface area contributed by atoms with Gasteiger partial charge in [-0.05, 0) is 29.0 Å². The van der Waals surface area contributed by atoms with E-state index in [0.29, 0.717) is 15.6 Å². The summed E-state index contributed by atoms with van der Waals surface area (Å²) in [5, 5.41) is 5.91. The Hall–Kier alpha value is -3.18. The molecule has 0 saturated heterocycles. The molecule has 3 aromatic carbocycles. The molecule has 25 heavy (non-hydrogen) atoms. The number of nitrogen functional groups attached to an aromatic ring is 1. The average molecular weight is 345 g/mol. The zero-order valence-electron chi connectivity index (χ0n) is 13.3. The van der Waals surface area contributed by atoms with E-state index < -0.39 is 0 Å². The second-order valence-electron chi connectivity index (χ2n) is 5.62. The smallest absolute Gasteiger partial charge is 0.206 e.